The van der Waals surface area contributed by atoms with E-state index in [0.29, 0.717) is 11.7 Å². The average Bonchev–Trinajstić information content (AvgIpc) is 2.37. The summed E-state index contributed by atoms with van der Waals surface area (Å²) in [7, 11) is 0. The molecule has 0 radical (unpaired) electrons. The van der Waals surface area contributed by atoms with Crippen molar-refractivity contribution in [2.45, 2.75) is 78.1 Å². The molecule has 2 aliphatic carbocycles. The fraction of sp³-hybridized carbons (Fsp3) is 0.824. The van der Waals surface area contributed by atoms with Gasteiger partial charge in [0.15, 0.2) is 5.78 Å². The standard InChI is InChI=1S/C17H28O/c1-17(2)15-13-11-9-7-5-3-4-6-8-10-12-14(15)16(17)18/h12,15H,3-11,13H2,1-2H3/b14-12+. The van der Waals surface area contributed by atoms with Crippen LogP contribution in [0.3, 0.4) is 0 Å². The quantitative estimate of drug-likeness (QED) is 0.586. The minimum absolute atomic E-state index is 0.0774. The monoisotopic (exact) mass is 248 g/mol. The number of hydrogen-bond donors (Lipinski definition) is 0. The van der Waals surface area contributed by atoms with Crippen LogP contribution in [0.1, 0.15) is 78.1 Å². The van der Waals surface area contributed by atoms with E-state index in [1.165, 1.54) is 63.4 Å². The van der Waals surface area contributed by atoms with Gasteiger partial charge in [-0.25, -0.2) is 0 Å². The number of hydrogen-bond acceptors (Lipinski definition) is 1. The van der Waals surface area contributed by atoms with Crippen LogP contribution in [0.5, 0.6) is 0 Å². The van der Waals surface area contributed by atoms with Gasteiger partial charge in [0.25, 0.3) is 0 Å². The highest BCUT2D eigenvalue weighted by molar-refractivity contribution is 6.07. The number of ketones is 1. The normalized spacial score (nSPS) is 32.9. The molecular formula is C17H28O. The summed E-state index contributed by atoms with van der Waals surface area (Å²) < 4.78 is 0. The smallest absolute Gasteiger partial charge is 0.165 e. The zero-order chi connectivity index (χ0) is 13.0. The second kappa shape index (κ2) is 6.04. The predicted octanol–water partition coefficient (Wildman–Crippen LogP) is 5.05. The van der Waals surface area contributed by atoms with Crippen LogP contribution < -0.4 is 0 Å². The van der Waals surface area contributed by atoms with Crippen LogP contribution >= 0.6 is 0 Å². The molecule has 1 atom stereocenters. The summed E-state index contributed by atoms with van der Waals surface area (Å²) in [5.41, 5.74) is 1.09. The highest BCUT2D eigenvalue weighted by Gasteiger charge is 2.50. The van der Waals surface area contributed by atoms with Gasteiger partial charge in [-0.05, 0) is 30.8 Å². The van der Waals surface area contributed by atoms with Crippen molar-refractivity contribution in [2.24, 2.45) is 11.3 Å². The topological polar surface area (TPSA) is 17.1 Å². The Kier molecular flexibility index (Phi) is 4.64. The van der Waals surface area contributed by atoms with E-state index in [1.54, 1.807) is 0 Å². The van der Waals surface area contributed by atoms with Crippen molar-refractivity contribution in [3.63, 3.8) is 0 Å². The maximum Gasteiger partial charge on any atom is 0.165 e. The Morgan fingerprint density at radius 1 is 0.944 bits per heavy atom. The Labute approximate surface area is 112 Å². The lowest BCUT2D eigenvalue weighted by molar-refractivity contribution is -0.133. The van der Waals surface area contributed by atoms with E-state index in [0.717, 1.165) is 6.42 Å². The molecule has 1 saturated carbocycles. The molecule has 0 bridgehead atoms. The summed E-state index contributed by atoms with van der Waals surface area (Å²) in [6.45, 7) is 4.27. The first-order chi connectivity index (χ1) is 8.64. The van der Waals surface area contributed by atoms with E-state index in [1.807, 2.05) is 0 Å². The van der Waals surface area contributed by atoms with Crippen LogP contribution in [-0.4, -0.2) is 5.78 Å². The molecule has 0 aliphatic heterocycles. The molecule has 2 rings (SSSR count). The molecule has 2 aliphatic rings. The lowest BCUT2D eigenvalue weighted by Gasteiger charge is -2.45. The van der Waals surface area contributed by atoms with Crippen molar-refractivity contribution >= 4 is 5.78 Å². The van der Waals surface area contributed by atoms with Crippen molar-refractivity contribution < 1.29 is 4.79 Å². The van der Waals surface area contributed by atoms with Crippen LogP contribution in [0.2, 0.25) is 0 Å². The summed E-state index contributed by atoms with van der Waals surface area (Å²) in [5, 5.41) is 0. The lowest BCUT2D eigenvalue weighted by Crippen LogP contribution is -2.48. The zero-order valence-electron chi connectivity index (χ0n) is 12.1. The van der Waals surface area contributed by atoms with Crippen LogP contribution in [0, 0.1) is 11.3 Å². The molecule has 0 spiro atoms. The lowest BCUT2D eigenvalue weighted by atomic mass is 9.56. The first-order valence-electron chi connectivity index (χ1n) is 7.89. The first-order valence-corrected chi connectivity index (χ1v) is 7.89. The van der Waals surface area contributed by atoms with Crippen LogP contribution in [0.25, 0.3) is 0 Å². The van der Waals surface area contributed by atoms with Gasteiger partial charge in [0, 0.05) is 5.41 Å². The molecule has 0 aromatic carbocycles. The second-order valence-corrected chi connectivity index (χ2v) is 6.67. The number of carbonyl (C=O) groups excluding carboxylic acids is 1. The van der Waals surface area contributed by atoms with E-state index in [2.05, 4.69) is 19.9 Å². The SMILES string of the molecule is CC1(C)C(=O)/C2=C/CCCCCCCCCCC21. The molecule has 102 valence electrons. The van der Waals surface area contributed by atoms with Crippen molar-refractivity contribution in [3.8, 4) is 0 Å². The largest absolute Gasteiger partial charge is 0.294 e. The van der Waals surface area contributed by atoms with Gasteiger partial charge in [0.2, 0.25) is 0 Å². The number of carbonyl (C=O) groups is 1. The van der Waals surface area contributed by atoms with Crippen molar-refractivity contribution in [1.29, 1.82) is 0 Å². The van der Waals surface area contributed by atoms with Crippen LogP contribution in [0.15, 0.2) is 11.6 Å². The Bertz CT molecular complexity index is 325. The van der Waals surface area contributed by atoms with Gasteiger partial charge in [0.1, 0.15) is 0 Å². The molecule has 0 N–H and O–H groups in total. The maximum atomic E-state index is 12.1. The minimum Gasteiger partial charge on any atom is -0.294 e. The molecule has 0 saturated heterocycles. The Hall–Kier alpha value is -0.590. The van der Waals surface area contributed by atoms with Gasteiger partial charge >= 0.3 is 0 Å². The van der Waals surface area contributed by atoms with Gasteiger partial charge in [-0.1, -0.05) is 64.9 Å². The van der Waals surface area contributed by atoms with Crippen molar-refractivity contribution in [2.75, 3.05) is 0 Å². The summed E-state index contributed by atoms with van der Waals surface area (Å²) in [5.74, 6) is 0.966. The number of fused-ring (bicyclic) bond motifs is 1. The molecule has 0 heterocycles. The molecule has 1 unspecified atom stereocenters. The van der Waals surface area contributed by atoms with Crippen LogP contribution in [0.4, 0.5) is 0 Å². The van der Waals surface area contributed by atoms with E-state index in [9.17, 15) is 4.79 Å². The van der Waals surface area contributed by atoms with E-state index < -0.39 is 0 Å². The third kappa shape index (κ3) is 2.87. The highest BCUT2D eigenvalue weighted by atomic mass is 16.1. The molecule has 1 fully saturated rings. The maximum absolute atomic E-state index is 12.1. The number of allylic oxidation sites excluding steroid dienone is 2. The fourth-order valence-electron chi connectivity index (χ4n) is 3.56. The molecule has 1 heteroatoms. The third-order valence-electron chi connectivity index (χ3n) is 4.91. The Morgan fingerprint density at radius 2 is 1.50 bits per heavy atom. The number of rotatable bonds is 0. The van der Waals surface area contributed by atoms with Crippen molar-refractivity contribution in [1.82, 2.24) is 0 Å². The van der Waals surface area contributed by atoms with Gasteiger partial charge in [-0.2, -0.15) is 0 Å². The summed E-state index contributed by atoms with van der Waals surface area (Å²) in [6, 6.07) is 0. The summed E-state index contributed by atoms with van der Waals surface area (Å²) in [6.07, 6.45) is 15.5. The molecule has 0 amide bonds. The molecule has 0 aromatic rings. The molecule has 0 aromatic heterocycles. The van der Waals surface area contributed by atoms with Gasteiger partial charge in [-0.15, -0.1) is 0 Å². The van der Waals surface area contributed by atoms with E-state index >= 15 is 0 Å². The Balaban J connectivity index is 1.99. The average molecular weight is 248 g/mol. The Morgan fingerprint density at radius 3 is 2.17 bits per heavy atom. The van der Waals surface area contributed by atoms with Crippen LogP contribution in [-0.2, 0) is 4.79 Å². The van der Waals surface area contributed by atoms with Crippen molar-refractivity contribution in [3.05, 3.63) is 11.6 Å². The third-order valence-corrected chi connectivity index (χ3v) is 4.91. The fourth-order valence-corrected chi connectivity index (χ4v) is 3.56. The zero-order valence-corrected chi connectivity index (χ0v) is 12.1. The summed E-state index contributed by atoms with van der Waals surface area (Å²) >= 11 is 0. The van der Waals surface area contributed by atoms with Gasteiger partial charge < -0.3 is 0 Å². The number of Topliss-reactive ketones (excluding diaryl/α,β-unsaturated/α-hetero) is 1. The van der Waals surface area contributed by atoms with E-state index in [-0.39, 0.29) is 5.41 Å². The summed E-state index contributed by atoms with van der Waals surface area (Å²) in [4.78, 5) is 12.1. The predicted molar refractivity (Wildman–Crippen MR) is 76.5 cm³/mol. The minimum atomic E-state index is -0.0774. The molecule has 18 heavy (non-hydrogen) atoms. The highest BCUT2D eigenvalue weighted by Crippen LogP contribution is 2.49. The van der Waals surface area contributed by atoms with Gasteiger partial charge in [0.05, 0.1) is 0 Å². The molecule has 1 nitrogen and oxygen atoms in total. The molecular weight excluding hydrogens is 220 g/mol. The van der Waals surface area contributed by atoms with E-state index in [4.69, 9.17) is 0 Å². The van der Waals surface area contributed by atoms with Gasteiger partial charge in [-0.3, -0.25) is 4.79 Å². The second-order valence-electron chi connectivity index (χ2n) is 6.67. The first kappa shape index (κ1) is 13.8.